The molecule has 0 aliphatic heterocycles. The molecule has 0 heterocycles. The summed E-state index contributed by atoms with van der Waals surface area (Å²) >= 11 is 0. The Bertz CT molecular complexity index is 213. The lowest BCUT2D eigenvalue weighted by Crippen LogP contribution is -2.46. The molecule has 0 aliphatic rings. The zero-order valence-electron chi connectivity index (χ0n) is 10.7. The molecular weight excluding hydrogens is 208 g/mol. The topological polar surface area (TPSA) is 76.8 Å². The van der Waals surface area contributed by atoms with Gasteiger partial charge in [-0.2, -0.15) is 0 Å². The van der Waals surface area contributed by atoms with Gasteiger partial charge in [0.25, 0.3) is 0 Å². The average molecular weight is 231 g/mol. The first-order chi connectivity index (χ1) is 7.43. The Morgan fingerprint density at radius 2 is 1.94 bits per heavy atom. The Hall–Kier alpha value is -1.04. The van der Waals surface area contributed by atoms with Crippen molar-refractivity contribution in [1.29, 1.82) is 0 Å². The van der Waals surface area contributed by atoms with Gasteiger partial charge in [0.2, 0.25) is 0 Å². The van der Waals surface area contributed by atoms with E-state index in [4.69, 9.17) is 0 Å². The maximum Gasteiger partial charge on any atom is 0.0899 e. The van der Waals surface area contributed by atoms with Crippen LogP contribution in [-0.2, 0) is 0 Å². The summed E-state index contributed by atoms with van der Waals surface area (Å²) in [7, 11) is 0. The molecule has 6 nitrogen and oxygen atoms in total. The molecule has 0 atom stereocenters. The van der Waals surface area contributed by atoms with E-state index in [1.165, 1.54) is 5.01 Å². The second kappa shape index (κ2) is 7.27. The summed E-state index contributed by atoms with van der Waals surface area (Å²) in [4.78, 5) is 0.139. The fourth-order valence-corrected chi connectivity index (χ4v) is 1.38. The molecule has 0 amide bonds. The van der Waals surface area contributed by atoms with Crippen molar-refractivity contribution < 1.29 is 4.97 Å². The lowest BCUT2D eigenvalue weighted by atomic mass is 10.1. The summed E-state index contributed by atoms with van der Waals surface area (Å²) in [5, 5.41) is 28.5. The molecule has 0 aromatic carbocycles. The number of hydrogen-bond donors (Lipinski definition) is 1. The highest BCUT2D eigenvalue weighted by atomic mass is 16.6. The molecule has 0 rings (SSSR count). The smallest absolute Gasteiger partial charge is 0.0899 e. The first-order valence-electron chi connectivity index (χ1n) is 5.72. The lowest BCUT2D eigenvalue weighted by molar-refractivity contribution is -0.706. The van der Waals surface area contributed by atoms with E-state index in [0.29, 0.717) is 6.54 Å². The van der Waals surface area contributed by atoms with Crippen LogP contribution >= 0.6 is 0 Å². The number of nitrogens with zero attached hydrogens (tertiary/aromatic N) is 3. The van der Waals surface area contributed by atoms with Crippen LogP contribution in [0, 0.1) is 10.4 Å². The second-order valence-electron chi connectivity index (χ2n) is 4.73. The summed E-state index contributed by atoms with van der Waals surface area (Å²) in [6.45, 7) is 10.1. The van der Waals surface area contributed by atoms with Crippen LogP contribution in [0.3, 0.4) is 0 Å². The van der Waals surface area contributed by atoms with Gasteiger partial charge in [0.1, 0.15) is 0 Å². The number of rotatable bonds is 7. The van der Waals surface area contributed by atoms with Crippen molar-refractivity contribution in [3.63, 3.8) is 0 Å². The molecule has 6 heteroatoms. The van der Waals surface area contributed by atoms with Crippen LogP contribution in [0.1, 0.15) is 40.5 Å². The molecule has 0 unspecified atom stereocenters. The van der Waals surface area contributed by atoms with E-state index in [1.54, 1.807) is 0 Å². The van der Waals surface area contributed by atoms with Crippen LogP contribution in [-0.4, -0.2) is 35.2 Å². The van der Waals surface area contributed by atoms with E-state index in [-0.39, 0.29) is 10.5 Å². The fourth-order valence-electron chi connectivity index (χ4n) is 1.38. The minimum absolute atomic E-state index is 0.139. The van der Waals surface area contributed by atoms with Gasteiger partial charge in [0.05, 0.1) is 12.1 Å². The third-order valence-corrected chi connectivity index (χ3v) is 2.20. The van der Waals surface area contributed by atoms with Crippen molar-refractivity contribution in [3.05, 3.63) is 10.4 Å². The third kappa shape index (κ3) is 5.75. The number of nitrogens with one attached hydrogen (secondary N) is 1. The van der Waals surface area contributed by atoms with Crippen molar-refractivity contribution in [1.82, 2.24) is 10.3 Å². The molecule has 16 heavy (non-hydrogen) atoms. The van der Waals surface area contributed by atoms with Gasteiger partial charge in [-0.25, -0.2) is 0 Å². The Morgan fingerprint density at radius 3 is 2.38 bits per heavy atom. The molecule has 96 valence electrons. The van der Waals surface area contributed by atoms with Crippen molar-refractivity contribution in [3.8, 4) is 0 Å². The van der Waals surface area contributed by atoms with Crippen LogP contribution in [0.2, 0.25) is 0 Å². The average Bonchev–Trinajstić information content (AvgIpc) is 2.20. The van der Waals surface area contributed by atoms with Gasteiger partial charge in [-0.05, 0) is 52.0 Å². The van der Waals surface area contributed by atoms with Crippen molar-refractivity contribution in [2.24, 2.45) is 5.28 Å². The van der Waals surface area contributed by atoms with Crippen LogP contribution < -0.4 is 5.32 Å². The van der Waals surface area contributed by atoms with Crippen molar-refractivity contribution >= 4 is 0 Å². The highest BCUT2D eigenvalue weighted by Crippen LogP contribution is 2.13. The van der Waals surface area contributed by atoms with Gasteiger partial charge < -0.3 is 15.7 Å². The highest BCUT2D eigenvalue weighted by Gasteiger charge is 2.27. The number of hydrogen-bond acceptors (Lipinski definition) is 4. The molecule has 0 saturated carbocycles. The van der Waals surface area contributed by atoms with E-state index in [9.17, 15) is 10.4 Å². The van der Waals surface area contributed by atoms with Gasteiger partial charge in [0.15, 0.2) is 0 Å². The minimum Gasteiger partial charge on any atom is -0.737 e. The SMILES string of the molecule is CCCNCCCN(/[N+]([O-])=N/[O-])C(C)(C)C. The standard InChI is InChI=1S/C10H24N4O2/c1-5-7-11-8-6-9-13(10(2,3)4)14(16)12-15/h11,15H,5-9H2,1-4H3/p-1/b14-12-. The zero-order chi connectivity index (χ0) is 12.6. The lowest BCUT2D eigenvalue weighted by Gasteiger charge is -2.31. The van der Waals surface area contributed by atoms with E-state index in [0.717, 1.165) is 25.9 Å². The van der Waals surface area contributed by atoms with Gasteiger partial charge in [0, 0.05) is 4.97 Å². The molecule has 0 bridgehead atoms. The van der Waals surface area contributed by atoms with E-state index in [1.807, 2.05) is 20.8 Å². The highest BCUT2D eigenvalue weighted by molar-refractivity contribution is 4.69. The van der Waals surface area contributed by atoms with E-state index >= 15 is 0 Å². The minimum atomic E-state index is -0.388. The molecule has 0 fully saturated rings. The van der Waals surface area contributed by atoms with Crippen LogP contribution in [0.25, 0.3) is 0 Å². The maximum atomic E-state index is 11.2. The van der Waals surface area contributed by atoms with Crippen molar-refractivity contribution in [2.45, 2.75) is 46.1 Å². The zero-order valence-corrected chi connectivity index (χ0v) is 10.7. The summed E-state index contributed by atoms with van der Waals surface area (Å²) in [5.74, 6) is 0. The number of hydrazine groups is 1. The molecule has 1 N–H and O–H groups in total. The van der Waals surface area contributed by atoms with Gasteiger partial charge in [-0.3, -0.25) is 0 Å². The third-order valence-electron chi connectivity index (χ3n) is 2.20. The van der Waals surface area contributed by atoms with Gasteiger partial charge >= 0.3 is 0 Å². The van der Waals surface area contributed by atoms with E-state index in [2.05, 4.69) is 17.5 Å². The molecule has 0 spiro atoms. The summed E-state index contributed by atoms with van der Waals surface area (Å²) in [5.41, 5.74) is -0.388. The quantitative estimate of drug-likeness (QED) is 0.314. The summed E-state index contributed by atoms with van der Waals surface area (Å²) in [6, 6.07) is 0. The Balaban J connectivity index is 4.05. The predicted molar refractivity (Wildman–Crippen MR) is 63.7 cm³/mol. The van der Waals surface area contributed by atoms with Gasteiger partial charge in [-0.1, -0.05) is 6.92 Å². The van der Waals surface area contributed by atoms with Crippen molar-refractivity contribution in [2.75, 3.05) is 19.6 Å². The van der Waals surface area contributed by atoms with Crippen LogP contribution in [0.15, 0.2) is 5.28 Å². The summed E-state index contributed by atoms with van der Waals surface area (Å²) in [6.07, 6.45) is 1.90. The van der Waals surface area contributed by atoms with Crippen LogP contribution in [0.4, 0.5) is 0 Å². The fraction of sp³-hybridized carbons (Fsp3) is 1.00. The van der Waals surface area contributed by atoms with Crippen LogP contribution in [0.5, 0.6) is 0 Å². The Morgan fingerprint density at radius 1 is 1.31 bits per heavy atom. The van der Waals surface area contributed by atoms with E-state index < -0.39 is 0 Å². The first-order valence-corrected chi connectivity index (χ1v) is 5.72. The molecular formula is C10H23N4O2-. The molecule has 0 aromatic rings. The molecule has 0 aromatic heterocycles. The van der Waals surface area contributed by atoms with Gasteiger partial charge in [-0.15, -0.1) is 5.01 Å². The second-order valence-corrected chi connectivity index (χ2v) is 4.73. The molecule has 0 saturated heterocycles. The Kier molecular flexibility index (Phi) is 6.80. The Labute approximate surface area is 97.5 Å². The molecule has 0 radical (unpaired) electrons. The largest absolute Gasteiger partial charge is 0.737 e. The normalized spacial score (nSPS) is 12.9. The maximum absolute atomic E-state index is 11.2. The monoisotopic (exact) mass is 231 g/mol. The predicted octanol–water partition coefficient (Wildman–Crippen LogP) is 1.85. The molecule has 0 aliphatic carbocycles. The summed E-state index contributed by atoms with van der Waals surface area (Å²) < 4.78 is 0. The first kappa shape index (κ1) is 15.0.